The average Bonchev–Trinajstić information content (AvgIpc) is 3.35. The first-order valence-corrected chi connectivity index (χ1v) is 9.89. The predicted octanol–water partition coefficient (Wildman–Crippen LogP) is 4.89. The van der Waals surface area contributed by atoms with Gasteiger partial charge >= 0.3 is 0 Å². The summed E-state index contributed by atoms with van der Waals surface area (Å²) in [5, 5.41) is 8.89. The van der Waals surface area contributed by atoms with Gasteiger partial charge in [0, 0.05) is 40.8 Å². The molecule has 0 atom stereocenters. The average molecular weight is 372 g/mol. The van der Waals surface area contributed by atoms with Gasteiger partial charge in [-0.2, -0.15) is 4.98 Å². The lowest BCUT2D eigenvalue weighted by molar-refractivity contribution is 0.432. The first kappa shape index (κ1) is 17.2. The van der Waals surface area contributed by atoms with E-state index in [1.54, 1.807) is 0 Å². The molecule has 5 nitrogen and oxygen atoms in total. The van der Waals surface area contributed by atoms with E-state index in [0.29, 0.717) is 17.8 Å². The topological polar surface area (TPSA) is 55.9 Å². The number of aromatic nitrogens is 3. The third kappa shape index (κ3) is 2.74. The van der Waals surface area contributed by atoms with Crippen molar-refractivity contribution in [1.82, 2.24) is 20.0 Å². The molecule has 5 rings (SSSR count). The van der Waals surface area contributed by atoms with Crippen LogP contribution in [0.3, 0.4) is 0 Å². The van der Waals surface area contributed by atoms with Crippen molar-refractivity contribution >= 4 is 10.9 Å². The Bertz CT molecular complexity index is 1170. The molecule has 2 aromatic carbocycles. The predicted molar refractivity (Wildman–Crippen MR) is 111 cm³/mol. The van der Waals surface area contributed by atoms with Gasteiger partial charge in [0.25, 0.3) is 5.89 Å². The van der Waals surface area contributed by atoms with Crippen molar-refractivity contribution in [3.63, 3.8) is 0 Å². The monoisotopic (exact) mass is 372 g/mol. The molecule has 1 aliphatic heterocycles. The van der Waals surface area contributed by atoms with Gasteiger partial charge in [0.1, 0.15) is 0 Å². The molecule has 2 aromatic heterocycles. The van der Waals surface area contributed by atoms with Crippen LogP contribution in [0.1, 0.15) is 36.6 Å². The number of nitrogens with zero attached hydrogens (tertiary/aromatic N) is 3. The van der Waals surface area contributed by atoms with Crippen molar-refractivity contribution in [1.29, 1.82) is 0 Å². The van der Waals surface area contributed by atoms with E-state index in [2.05, 4.69) is 78.4 Å². The van der Waals surface area contributed by atoms with E-state index in [9.17, 15) is 0 Å². The van der Waals surface area contributed by atoms with Crippen LogP contribution in [-0.2, 0) is 13.0 Å². The Balaban J connectivity index is 1.52. The molecule has 142 valence electrons. The molecule has 0 amide bonds. The van der Waals surface area contributed by atoms with Gasteiger partial charge < -0.3 is 14.4 Å². The number of hydrogen-bond acceptors (Lipinski definition) is 4. The van der Waals surface area contributed by atoms with Crippen LogP contribution in [0, 0.1) is 6.92 Å². The van der Waals surface area contributed by atoms with Gasteiger partial charge in [0.15, 0.2) is 0 Å². The summed E-state index contributed by atoms with van der Waals surface area (Å²) in [5.41, 5.74) is 7.28. The normalized spacial score (nSPS) is 14.0. The third-order valence-corrected chi connectivity index (χ3v) is 5.75. The maximum absolute atomic E-state index is 5.63. The highest BCUT2D eigenvalue weighted by molar-refractivity contribution is 5.84. The quantitative estimate of drug-likeness (QED) is 0.556. The highest BCUT2D eigenvalue weighted by Crippen LogP contribution is 2.31. The van der Waals surface area contributed by atoms with E-state index in [1.807, 2.05) is 0 Å². The van der Waals surface area contributed by atoms with E-state index in [0.717, 1.165) is 30.6 Å². The fourth-order valence-electron chi connectivity index (χ4n) is 4.20. The summed E-state index contributed by atoms with van der Waals surface area (Å²) >= 11 is 0. The van der Waals surface area contributed by atoms with Crippen LogP contribution in [0.2, 0.25) is 0 Å². The lowest BCUT2D eigenvalue weighted by Gasteiger charge is -2.20. The summed E-state index contributed by atoms with van der Waals surface area (Å²) in [5.74, 6) is 1.22. The molecule has 28 heavy (non-hydrogen) atoms. The first-order chi connectivity index (χ1) is 13.6. The first-order valence-electron chi connectivity index (χ1n) is 9.89. The maximum atomic E-state index is 5.63. The Morgan fingerprint density at radius 2 is 2.04 bits per heavy atom. The minimum Gasteiger partial charge on any atom is -0.345 e. The van der Waals surface area contributed by atoms with Crippen LogP contribution in [0.4, 0.5) is 0 Å². The lowest BCUT2D eigenvalue weighted by atomic mass is 9.92. The summed E-state index contributed by atoms with van der Waals surface area (Å²) in [6.45, 7) is 8.49. The van der Waals surface area contributed by atoms with Crippen molar-refractivity contribution in [3.05, 3.63) is 59.3 Å². The van der Waals surface area contributed by atoms with Crippen LogP contribution in [0.15, 0.2) is 47.1 Å². The van der Waals surface area contributed by atoms with Crippen LogP contribution in [-0.4, -0.2) is 21.3 Å². The minimum absolute atomic E-state index is 0.431. The fraction of sp³-hybridized carbons (Fsp3) is 0.304. The van der Waals surface area contributed by atoms with Gasteiger partial charge in [-0.05, 0) is 74.7 Å². The van der Waals surface area contributed by atoms with Crippen molar-refractivity contribution in [3.8, 4) is 22.8 Å². The molecule has 5 heteroatoms. The zero-order valence-corrected chi connectivity index (χ0v) is 16.5. The molecule has 4 aromatic rings. The van der Waals surface area contributed by atoms with E-state index in [4.69, 9.17) is 9.51 Å². The van der Waals surface area contributed by atoms with Gasteiger partial charge in [-0.1, -0.05) is 17.3 Å². The third-order valence-electron chi connectivity index (χ3n) is 5.75. The largest absolute Gasteiger partial charge is 0.345 e. The van der Waals surface area contributed by atoms with Crippen LogP contribution >= 0.6 is 0 Å². The molecule has 0 radical (unpaired) electrons. The highest BCUT2D eigenvalue weighted by Gasteiger charge is 2.18. The molecular weight excluding hydrogens is 348 g/mol. The zero-order chi connectivity index (χ0) is 19.3. The molecule has 0 bridgehead atoms. The summed E-state index contributed by atoms with van der Waals surface area (Å²) in [6.07, 6.45) is 3.17. The molecule has 0 aliphatic carbocycles. The van der Waals surface area contributed by atoms with E-state index in [-0.39, 0.29) is 0 Å². The molecule has 3 heterocycles. The molecule has 1 N–H and O–H groups in total. The Kier molecular flexibility index (Phi) is 4.05. The second-order valence-corrected chi connectivity index (χ2v) is 7.82. The number of fused-ring (bicyclic) bond motifs is 2. The lowest BCUT2D eigenvalue weighted by Crippen LogP contribution is -2.24. The summed E-state index contributed by atoms with van der Waals surface area (Å²) < 4.78 is 7.89. The zero-order valence-electron chi connectivity index (χ0n) is 16.5. The van der Waals surface area contributed by atoms with Gasteiger partial charge in [-0.15, -0.1) is 0 Å². The summed E-state index contributed by atoms with van der Waals surface area (Å²) in [7, 11) is 0. The number of benzene rings is 2. The van der Waals surface area contributed by atoms with Gasteiger partial charge in [0.2, 0.25) is 5.82 Å². The maximum Gasteiger partial charge on any atom is 0.258 e. The molecule has 1 aliphatic rings. The SMILES string of the molecule is Cc1c(-c2noc(-c3ccc4c(ccn4C(C)C)c3)n2)ccc2c1CCNC2. The Morgan fingerprint density at radius 3 is 2.89 bits per heavy atom. The van der Waals surface area contributed by atoms with Crippen molar-refractivity contribution in [2.45, 2.75) is 39.8 Å². The van der Waals surface area contributed by atoms with Gasteiger partial charge in [0.05, 0.1) is 0 Å². The van der Waals surface area contributed by atoms with Crippen molar-refractivity contribution < 1.29 is 4.52 Å². The molecular formula is C23H24N4O. The van der Waals surface area contributed by atoms with E-state index >= 15 is 0 Å². The Hall–Kier alpha value is -2.92. The second kappa shape index (κ2) is 6.60. The van der Waals surface area contributed by atoms with Crippen molar-refractivity contribution in [2.24, 2.45) is 0 Å². The summed E-state index contributed by atoms with van der Waals surface area (Å²) in [6, 6.07) is 13.2. The minimum atomic E-state index is 0.431. The Labute approximate surface area is 164 Å². The molecule has 0 saturated heterocycles. The highest BCUT2D eigenvalue weighted by atomic mass is 16.5. The summed E-state index contributed by atoms with van der Waals surface area (Å²) in [4.78, 5) is 4.71. The molecule has 0 unspecified atom stereocenters. The van der Waals surface area contributed by atoms with Crippen LogP contribution in [0.5, 0.6) is 0 Å². The second-order valence-electron chi connectivity index (χ2n) is 7.82. The van der Waals surface area contributed by atoms with Crippen LogP contribution < -0.4 is 5.32 Å². The van der Waals surface area contributed by atoms with Crippen molar-refractivity contribution in [2.75, 3.05) is 6.54 Å². The number of hydrogen-bond donors (Lipinski definition) is 1. The van der Waals surface area contributed by atoms with E-state index in [1.165, 1.54) is 27.6 Å². The number of nitrogens with one attached hydrogen (secondary N) is 1. The number of rotatable bonds is 3. The molecule has 0 fully saturated rings. The fourth-order valence-corrected chi connectivity index (χ4v) is 4.20. The Morgan fingerprint density at radius 1 is 1.14 bits per heavy atom. The van der Waals surface area contributed by atoms with Gasteiger partial charge in [-0.25, -0.2) is 0 Å². The van der Waals surface area contributed by atoms with E-state index < -0.39 is 0 Å². The molecule has 0 saturated carbocycles. The van der Waals surface area contributed by atoms with Crippen LogP contribution in [0.25, 0.3) is 33.7 Å². The smallest absolute Gasteiger partial charge is 0.258 e. The van der Waals surface area contributed by atoms with Gasteiger partial charge in [-0.3, -0.25) is 0 Å². The molecule has 0 spiro atoms. The standard InChI is InChI=1S/C23H24N4O/c1-14(2)27-11-9-16-12-17(5-7-21(16)27)23-25-22(26-28-23)20-6-4-18-13-24-10-8-19(18)15(20)3/h4-7,9,11-12,14,24H,8,10,13H2,1-3H3.